The van der Waals surface area contributed by atoms with Crippen LogP contribution in [0.3, 0.4) is 0 Å². The van der Waals surface area contributed by atoms with Gasteiger partial charge in [0.25, 0.3) is 0 Å². The lowest BCUT2D eigenvalue weighted by molar-refractivity contribution is 0.0809. The molecule has 1 aliphatic heterocycles. The van der Waals surface area contributed by atoms with Crippen molar-refractivity contribution in [1.82, 2.24) is 15.2 Å². The van der Waals surface area contributed by atoms with Crippen molar-refractivity contribution < 1.29 is 0 Å². The van der Waals surface area contributed by atoms with E-state index in [1.807, 2.05) is 30.5 Å². The van der Waals surface area contributed by atoms with Gasteiger partial charge in [0.05, 0.1) is 23.4 Å². The van der Waals surface area contributed by atoms with Gasteiger partial charge in [-0.25, -0.2) is 0 Å². The summed E-state index contributed by atoms with van der Waals surface area (Å²) in [7, 11) is 0. The van der Waals surface area contributed by atoms with E-state index in [0.29, 0.717) is 11.6 Å². The fourth-order valence-electron chi connectivity index (χ4n) is 3.93. The van der Waals surface area contributed by atoms with E-state index in [-0.39, 0.29) is 0 Å². The van der Waals surface area contributed by atoms with Gasteiger partial charge in [-0.1, -0.05) is 24.6 Å². The van der Waals surface area contributed by atoms with Gasteiger partial charge in [-0.3, -0.25) is 9.88 Å². The fourth-order valence-corrected chi connectivity index (χ4v) is 3.93. The van der Waals surface area contributed by atoms with Crippen LogP contribution in [0, 0.1) is 17.2 Å². The van der Waals surface area contributed by atoms with Gasteiger partial charge in [0, 0.05) is 37.9 Å². The van der Waals surface area contributed by atoms with E-state index in [2.05, 4.69) is 28.4 Å². The second-order valence-corrected chi connectivity index (χ2v) is 7.08. The van der Waals surface area contributed by atoms with Gasteiger partial charge in [-0.15, -0.1) is 0 Å². The Bertz CT molecular complexity index is 735. The van der Waals surface area contributed by atoms with Crippen molar-refractivity contribution in [2.24, 2.45) is 5.92 Å². The predicted octanol–water partition coefficient (Wildman–Crippen LogP) is 3.37. The van der Waals surface area contributed by atoms with E-state index < -0.39 is 0 Å². The van der Waals surface area contributed by atoms with E-state index in [1.165, 1.54) is 25.0 Å². The summed E-state index contributed by atoms with van der Waals surface area (Å²) in [5.74, 6) is 0.756. The van der Waals surface area contributed by atoms with Gasteiger partial charge in [-0.05, 0) is 42.5 Å². The highest BCUT2D eigenvalue weighted by Gasteiger charge is 2.34. The van der Waals surface area contributed by atoms with E-state index in [9.17, 15) is 0 Å². The molecule has 2 aliphatic rings. The fraction of sp³-hybridized carbons (Fsp3) is 0.429. The van der Waals surface area contributed by atoms with E-state index in [0.717, 1.165) is 43.2 Å². The van der Waals surface area contributed by atoms with Crippen molar-refractivity contribution in [2.45, 2.75) is 25.3 Å². The zero-order chi connectivity index (χ0) is 17.1. The van der Waals surface area contributed by atoms with Crippen molar-refractivity contribution in [3.63, 3.8) is 0 Å². The third-order valence-electron chi connectivity index (χ3n) is 5.58. The molecule has 0 spiro atoms. The summed E-state index contributed by atoms with van der Waals surface area (Å²) in [5.41, 5.74) is 4.13. The van der Waals surface area contributed by atoms with Crippen LogP contribution in [-0.4, -0.2) is 36.1 Å². The number of piperazine rings is 1. The Morgan fingerprint density at radius 2 is 1.76 bits per heavy atom. The summed E-state index contributed by atoms with van der Waals surface area (Å²) in [5, 5.41) is 12.4. The molecule has 128 valence electrons. The number of benzene rings is 1. The molecule has 4 heteroatoms. The van der Waals surface area contributed by atoms with Crippen LogP contribution in [0.5, 0.6) is 0 Å². The second-order valence-electron chi connectivity index (χ2n) is 7.08. The van der Waals surface area contributed by atoms with Crippen molar-refractivity contribution in [3.05, 3.63) is 53.9 Å². The first kappa shape index (κ1) is 16.3. The summed E-state index contributed by atoms with van der Waals surface area (Å²) < 4.78 is 0. The van der Waals surface area contributed by atoms with Crippen molar-refractivity contribution >= 4 is 0 Å². The maximum absolute atomic E-state index is 8.93. The number of hydrogen-bond acceptors (Lipinski definition) is 4. The predicted molar refractivity (Wildman–Crippen MR) is 98.9 cm³/mol. The van der Waals surface area contributed by atoms with Crippen LogP contribution in [0.2, 0.25) is 0 Å². The highest BCUT2D eigenvalue weighted by Crippen LogP contribution is 2.41. The van der Waals surface area contributed by atoms with Crippen LogP contribution >= 0.6 is 0 Å². The Kier molecular flexibility index (Phi) is 4.78. The number of nitriles is 1. The molecule has 0 bridgehead atoms. The molecule has 0 amide bonds. The van der Waals surface area contributed by atoms with Crippen LogP contribution in [-0.2, 0) is 0 Å². The molecule has 2 heterocycles. The van der Waals surface area contributed by atoms with Crippen LogP contribution in [0.1, 0.15) is 36.6 Å². The Labute approximate surface area is 149 Å². The second kappa shape index (κ2) is 7.35. The number of nitrogens with zero attached hydrogens (tertiary/aromatic N) is 3. The lowest BCUT2D eigenvalue weighted by atomic mass is 9.77. The zero-order valence-electron chi connectivity index (χ0n) is 14.5. The molecular weight excluding hydrogens is 308 g/mol. The highest BCUT2D eigenvalue weighted by molar-refractivity contribution is 5.63. The molecule has 0 radical (unpaired) electrons. The van der Waals surface area contributed by atoms with Crippen molar-refractivity contribution in [3.8, 4) is 17.2 Å². The van der Waals surface area contributed by atoms with E-state index in [1.54, 1.807) is 0 Å². The molecule has 1 aromatic carbocycles. The maximum Gasteiger partial charge on any atom is 0.0991 e. The Morgan fingerprint density at radius 3 is 2.32 bits per heavy atom. The quantitative estimate of drug-likeness (QED) is 0.933. The van der Waals surface area contributed by atoms with Crippen LogP contribution in [0.4, 0.5) is 0 Å². The molecule has 1 unspecified atom stereocenters. The van der Waals surface area contributed by atoms with Crippen molar-refractivity contribution in [2.75, 3.05) is 26.2 Å². The molecule has 1 saturated heterocycles. The lowest BCUT2D eigenvalue weighted by Crippen LogP contribution is -2.48. The molecule has 1 aromatic heterocycles. The lowest BCUT2D eigenvalue weighted by Gasteiger charge is -2.42. The minimum Gasteiger partial charge on any atom is -0.314 e. The van der Waals surface area contributed by atoms with Gasteiger partial charge in [0.15, 0.2) is 0 Å². The molecule has 1 saturated carbocycles. The first-order chi connectivity index (χ1) is 12.3. The normalized spacial score (nSPS) is 19.8. The standard InChI is InChI=1S/C21H24N4/c22-14-16-4-6-17(7-5-16)19-8-9-20(24-15-19)21(18-2-1-3-18)25-12-10-23-11-13-25/h4-9,15,18,21,23H,1-3,10-13H2. The van der Waals surface area contributed by atoms with E-state index in [4.69, 9.17) is 10.2 Å². The number of rotatable bonds is 4. The maximum atomic E-state index is 8.93. The zero-order valence-corrected chi connectivity index (χ0v) is 14.5. The molecule has 1 atom stereocenters. The molecule has 4 rings (SSSR count). The average Bonchev–Trinajstić information content (AvgIpc) is 2.65. The van der Waals surface area contributed by atoms with Gasteiger partial charge in [-0.2, -0.15) is 5.26 Å². The molecular formula is C21H24N4. The topological polar surface area (TPSA) is 52.0 Å². The minimum absolute atomic E-state index is 0.464. The molecule has 25 heavy (non-hydrogen) atoms. The SMILES string of the molecule is N#Cc1ccc(-c2ccc(C(C3CCC3)N3CCNCC3)nc2)cc1. The third kappa shape index (κ3) is 3.44. The summed E-state index contributed by atoms with van der Waals surface area (Å²) in [6, 6.07) is 14.7. The van der Waals surface area contributed by atoms with Gasteiger partial charge in [0.1, 0.15) is 0 Å². The van der Waals surface area contributed by atoms with Gasteiger partial charge in [0.2, 0.25) is 0 Å². The molecule has 2 aromatic rings. The smallest absolute Gasteiger partial charge is 0.0991 e. The summed E-state index contributed by atoms with van der Waals surface area (Å²) >= 11 is 0. The minimum atomic E-state index is 0.464. The molecule has 2 fully saturated rings. The summed E-state index contributed by atoms with van der Waals surface area (Å²) in [6.07, 6.45) is 6.00. The number of pyridine rings is 1. The Morgan fingerprint density at radius 1 is 1.04 bits per heavy atom. The first-order valence-corrected chi connectivity index (χ1v) is 9.26. The number of nitrogens with one attached hydrogen (secondary N) is 1. The Hall–Kier alpha value is -2.22. The highest BCUT2D eigenvalue weighted by atomic mass is 15.2. The van der Waals surface area contributed by atoms with E-state index >= 15 is 0 Å². The Balaban J connectivity index is 1.57. The van der Waals surface area contributed by atoms with Crippen LogP contribution in [0.25, 0.3) is 11.1 Å². The monoisotopic (exact) mass is 332 g/mol. The van der Waals surface area contributed by atoms with Gasteiger partial charge < -0.3 is 5.32 Å². The van der Waals surface area contributed by atoms with Crippen LogP contribution < -0.4 is 5.32 Å². The largest absolute Gasteiger partial charge is 0.314 e. The first-order valence-electron chi connectivity index (χ1n) is 9.26. The summed E-state index contributed by atoms with van der Waals surface area (Å²) in [6.45, 7) is 4.37. The van der Waals surface area contributed by atoms with Crippen molar-refractivity contribution in [1.29, 1.82) is 5.26 Å². The van der Waals surface area contributed by atoms with Gasteiger partial charge >= 0.3 is 0 Å². The molecule has 1 aliphatic carbocycles. The average molecular weight is 332 g/mol. The molecule has 4 nitrogen and oxygen atoms in total. The number of aromatic nitrogens is 1. The molecule has 1 N–H and O–H groups in total. The summed E-state index contributed by atoms with van der Waals surface area (Å²) in [4.78, 5) is 7.46. The third-order valence-corrected chi connectivity index (χ3v) is 5.58. The number of hydrogen-bond donors (Lipinski definition) is 1. The van der Waals surface area contributed by atoms with Crippen LogP contribution in [0.15, 0.2) is 42.6 Å².